The smallest absolute Gasteiger partial charge is 0.317 e. The SMILES string of the molecule is CCCCCN(CCO)CCN(CC(=O)O)CC(=O)O. The zero-order valence-electron chi connectivity index (χ0n) is 12.1. The first-order chi connectivity index (χ1) is 9.49. The summed E-state index contributed by atoms with van der Waals surface area (Å²) >= 11 is 0. The van der Waals surface area contributed by atoms with Gasteiger partial charge >= 0.3 is 11.9 Å². The van der Waals surface area contributed by atoms with E-state index in [2.05, 4.69) is 6.92 Å². The molecule has 0 aliphatic heterocycles. The van der Waals surface area contributed by atoms with Crippen LogP contribution >= 0.6 is 0 Å². The summed E-state index contributed by atoms with van der Waals surface area (Å²) in [6, 6.07) is 0. The number of carboxylic acid groups (broad SMARTS) is 2. The zero-order valence-corrected chi connectivity index (χ0v) is 12.1. The summed E-state index contributed by atoms with van der Waals surface area (Å²) < 4.78 is 0. The van der Waals surface area contributed by atoms with Gasteiger partial charge in [-0.2, -0.15) is 0 Å². The van der Waals surface area contributed by atoms with Crippen molar-refractivity contribution in [2.24, 2.45) is 0 Å². The van der Waals surface area contributed by atoms with Gasteiger partial charge in [0.05, 0.1) is 19.7 Å². The molecule has 0 aliphatic rings. The van der Waals surface area contributed by atoms with Gasteiger partial charge in [-0.25, -0.2) is 0 Å². The average molecular weight is 290 g/mol. The van der Waals surface area contributed by atoms with E-state index in [-0.39, 0.29) is 19.7 Å². The highest BCUT2D eigenvalue weighted by Crippen LogP contribution is 1.99. The Morgan fingerprint density at radius 3 is 1.85 bits per heavy atom. The van der Waals surface area contributed by atoms with Gasteiger partial charge in [-0.05, 0) is 13.0 Å². The predicted octanol–water partition coefficient (Wildman–Crippen LogP) is -0.0579. The lowest BCUT2D eigenvalue weighted by atomic mass is 10.2. The van der Waals surface area contributed by atoms with Crippen LogP contribution in [-0.2, 0) is 9.59 Å². The molecule has 0 aliphatic carbocycles. The van der Waals surface area contributed by atoms with Crippen molar-refractivity contribution in [3.63, 3.8) is 0 Å². The third-order valence-electron chi connectivity index (χ3n) is 2.94. The van der Waals surface area contributed by atoms with Crippen LogP contribution in [0.1, 0.15) is 26.2 Å². The molecule has 20 heavy (non-hydrogen) atoms. The Hall–Kier alpha value is -1.18. The Balaban J connectivity index is 4.21. The lowest BCUT2D eigenvalue weighted by Crippen LogP contribution is -2.41. The van der Waals surface area contributed by atoms with Crippen LogP contribution in [-0.4, -0.2) is 82.9 Å². The standard InChI is InChI=1S/C13H26N2O5/c1-2-3-4-5-14(8-9-16)6-7-15(10-12(17)18)11-13(19)20/h16H,2-11H2,1H3,(H,17,18)(H,19,20). The summed E-state index contributed by atoms with van der Waals surface area (Å²) in [6.45, 7) is 3.87. The lowest BCUT2D eigenvalue weighted by Gasteiger charge is -2.25. The summed E-state index contributed by atoms with van der Waals surface area (Å²) in [7, 11) is 0. The van der Waals surface area contributed by atoms with Gasteiger partial charge in [0, 0.05) is 19.6 Å². The number of aliphatic hydroxyl groups excluding tert-OH is 1. The monoisotopic (exact) mass is 290 g/mol. The van der Waals surface area contributed by atoms with E-state index in [0.717, 1.165) is 25.8 Å². The van der Waals surface area contributed by atoms with Crippen LogP contribution in [0.3, 0.4) is 0 Å². The number of unbranched alkanes of at least 4 members (excludes halogenated alkanes) is 2. The molecular weight excluding hydrogens is 264 g/mol. The molecule has 0 saturated carbocycles. The van der Waals surface area contributed by atoms with Gasteiger partial charge in [0.1, 0.15) is 0 Å². The first-order valence-corrected chi connectivity index (χ1v) is 6.98. The number of hydrogen-bond acceptors (Lipinski definition) is 5. The Morgan fingerprint density at radius 1 is 0.850 bits per heavy atom. The molecule has 0 amide bonds. The van der Waals surface area contributed by atoms with Crippen molar-refractivity contribution in [3.05, 3.63) is 0 Å². The first kappa shape index (κ1) is 18.8. The molecule has 0 unspecified atom stereocenters. The Kier molecular flexibility index (Phi) is 10.9. The van der Waals surface area contributed by atoms with E-state index >= 15 is 0 Å². The number of aliphatic hydroxyl groups is 1. The summed E-state index contributed by atoms with van der Waals surface area (Å²) in [5.41, 5.74) is 0. The highest BCUT2D eigenvalue weighted by atomic mass is 16.4. The van der Waals surface area contributed by atoms with Crippen molar-refractivity contribution in [1.29, 1.82) is 0 Å². The molecule has 118 valence electrons. The summed E-state index contributed by atoms with van der Waals surface area (Å²) in [5, 5.41) is 26.5. The fraction of sp³-hybridized carbons (Fsp3) is 0.846. The van der Waals surface area contributed by atoms with E-state index in [1.54, 1.807) is 0 Å². The molecule has 0 aromatic heterocycles. The summed E-state index contributed by atoms with van der Waals surface area (Å²) in [5.74, 6) is -2.07. The molecule has 0 heterocycles. The van der Waals surface area contributed by atoms with Crippen molar-refractivity contribution in [1.82, 2.24) is 9.80 Å². The van der Waals surface area contributed by atoms with Crippen LogP contribution in [0.15, 0.2) is 0 Å². The highest BCUT2D eigenvalue weighted by Gasteiger charge is 2.14. The molecule has 0 fully saturated rings. The maximum atomic E-state index is 10.7. The number of carboxylic acids is 2. The van der Waals surface area contributed by atoms with Gasteiger partial charge in [-0.15, -0.1) is 0 Å². The number of nitrogens with zero attached hydrogens (tertiary/aromatic N) is 2. The number of aliphatic carboxylic acids is 2. The van der Waals surface area contributed by atoms with Crippen LogP contribution in [0.25, 0.3) is 0 Å². The minimum absolute atomic E-state index is 0.0456. The average Bonchev–Trinajstić information content (AvgIpc) is 2.34. The Morgan fingerprint density at radius 2 is 1.40 bits per heavy atom. The topological polar surface area (TPSA) is 101 Å². The zero-order chi connectivity index (χ0) is 15.4. The van der Waals surface area contributed by atoms with Crippen molar-refractivity contribution >= 4 is 11.9 Å². The maximum absolute atomic E-state index is 10.7. The van der Waals surface area contributed by atoms with Gasteiger partial charge in [0.15, 0.2) is 0 Å². The minimum Gasteiger partial charge on any atom is -0.480 e. The molecule has 0 bridgehead atoms. The van der Waals surface area contributed by atoms with Gasteiger partial charge in [0.2, 0.25) is 0 Å². The Bertz CT molecular complexity index is 270. The van der Waals surface area contributed by atoms with Crippen molar-refractivity contribution in [2.75, 3.05) is 45.9 Å². The lowest BCUT2D eigenvalue weighted by molar-refractivity contribution is -0.141. The van der Waals surface area contributed by atoms with Crippen molar-refractivity contribution in [3.8, 4) is 0 Å². The van der Waals surface area contributed by atoms with E-state index in [0.29, 0.717) is 19.6 Å². The Labute approximate surface area is 119 Å². The van der Waals surface area contributed by atoms with Crippen molar-refractivity contribution < 1.29 is 24.9 Å². The van der Waals surface area contributed by atoms with Gasteiger partial charge in [-0.1, -0.05) is 19.8 Å². The molecule has 0 aromatic rings. The predicted molar refractivity (Wildman–Crippen MR) is 74.8 cm³/mol. The van der Waals surface area contributed by atoms with Gasteiger partial charge in [-0.3, -0.25) is 19.4 Å². The quantitative estimate of drug-likeness (QED) is 0.408. The van der Waals surface area contributed by atoms with E-state index in [9.17, 15) is 9.59 Å². The van der Waals surface area contributed by atoms with Crippen molar-refractivity contribution in [2.45, 2.75) is 26.2 Å². The molecule has 3 N–H and O–H groups in total. The third kappa shape index (κ3) is 10.7. The summed E-state index contributed by atoms with van der Waals surface area (Å²) in [4.78, 5) is 24.8. The molecule has 0 aromatic carbocycles. The fourth-order valence-electron chi connectivity index (χ4n) is 1.94. The normalized spacial score (nSPS) is 11.2. The van der Waals surface area contributed by atoms with E-state index in [1.807, 2.05) is 4.90 Å². The fourth-order valence-corrected chi connectivity index (χ4v) is 1.94. The molecule has 7 heteroatoms. The largest absolute Gasteiger partial charge is 0.480 e. The van der Waals surface area contributed by atoms with Crippen LogP contribution in [0.5, 0.6) is 0 Å². The van der Waals surface area contributed by atoms with Crippen LogP contribution in [0.2, 0.25) is 0 Å². The van der Waals surface area contributed by atoms with Crippen LogP contribution < -0.4 is 0 Å². The molecule has 0 atom stereocenters. The molecule has 0 spiro atoms. The van der Waals surface area contributed by atoms with E-state index in [4.69, 9.17) is 15.3 Å². The first-order valence-electron chi connectivity index (χ1n) is 6.98. The maximum Gasteiger partial charge on any atom is 0.317 e. The minimum atomic E-state index is -1.04. The second-order valence-electron chi connectivity index (χ2n) is 4.77. The number of carbonyl (C=O) groups is 2. The molecule has 0 rings (SSSR count). The van der Waals surface area contributed by atoms with Crippen LogP contribution in [0.4, 0.5) is 0 Å². The number of hydrogen-bond donors (Lipinski definition) is 3. The second-order valence-corrected chi connectivity index (χ2v) is 4.77. The molecule has 0 radical (unpaired) electrons. The summed E-state index contributed by atoms with van der Waals surface area (Å²) in [6.07, 6.45) is 3.24. The second kappa shape index (κ2) is 11.6. The molecule has 0 saturated heterocycles. The molecular formula is C13H26N2O5. The highest BCUT2D eigenvalue weighted by molar-refractivity contribution is 5.72. The van der Waals surface area contributed by atoms with E-state index in [1.165, 1.54) is 4.90 Å². The third-order valence-corrected chi connectivity index (χ3v) is 2.94. The number of rotatable bonds is 13. The van der Waals surface area contributed by atoms with Gasteiger partial charge in [0.25, 0.3) is 0 Å². The molecule has 7 nitrogen and oxygen atoms in total. The van der Waals surface area contributed by atoms with Gasteiger partial charge < -0.3 is 15.3 Å². The van der Waals surface area contributed by atoms with Crippen LogP contribution in [0, 0.1) is 0 Å². The van der Waals surface area contributed by atoms with E-state index < -0.39 is 11.9 Å².